The summed E-state index contributed by atoms with van der Waals surface area (Å²) in [5, 5.41) is 3.00. The van der Waals surface area contributed by atoms with E-state index in [4.69, 9.17) is 0 Å². The molecule has 1 aliphatic rings. The molecule has 0 radical (unpaired) electrons. The highest BCUT2D eigenvalue weighted by molar-refractivity contribution is 4.81. The van der Waals surface area contributed by atoms with E-state index < -0.39 is 12.5 Å². The summed E-state index contributed by atoms with van der Waals surface area (Å²) in [6.45, 7) is 7.95. The Hall–Kier alpha value is -0.220. The second-order valence-corrected chi connectivity index (χ2v) is 4.69. The van der Waals surface area contributed by atoms with Gasteiger partial charge in [0.25, 0.3) is 6.43 Å². The van der Waals surface area contributed by atoms with Crippen LogP contribution in [0.3, 0.4) is 0 Å². The van der Waals surface area contributed by atoms with Gasteiger partial charge in [-0.3, -0.25) is 0 Å². The summed E-state index contributed by atoms with van der Waals surface area (Å²) >= 11 is 0. The molecule has 0 aromatic rings. The lowest BCUT2D eigenvalue weighted by molar-refractivity contribution is 0.0866. The van der Waals surface area contributed by atoms with E-state index in [-0.39, 0.29) is 6.04 Å². The summed E-state index contributed by atoms with van der Waals surface area (Å²) in [4.78, 5) is 2.39. The van der Waals surface area contributed by atoms with E-state index in [1.165, 1.54) is 0 Å². The third-order valence-corrected chi connectivity index (χ3v) is 3.14. The van der Waals surface area contributed by atoms with Gasteiger partial charge in [-0.25, -0.2) is 8.78 Å². The molecular weight excluding hydrogens is 198 g/mol. The van der Waals surface area contributed by atoms with Crippen molar-refractivity contribution < 1.29 is 8.78 Å². The van der Waals surface area contributed by atoms with Crippen molar-refractivity contribution in [3.63, 3.8) is 0 Å². The molecule has 0 spiro atoms. The molecule has 2 nitrogen and oxygen atoms in total. The van der Waals surface area contributed by atoms with Gasteiger partial charge in [-0.15, -0.1) is 0 Å². The van der Waals surface area contributed by atoms with E-state index in [0.717, 1.165) is 25.9 Å². The van der Waals surface area contributed by atoms with Crippen molar-refractivity contribution in [2.24, 2.45) is 0 Å². The van der Waals surface area contributed by atoms with Crippen LogP contribution >= 0.6 is 0 Å². The number of nitrogens with one attached hydrogen (secondary N) is 1. The van der Waals surface area contributed by atoms with Crippen LogP contribution in [0, 0.1) is 0 Å². The van der Waals surface area contributed by atoms with Crippen LogP contribution in [0.1, 0.15) is 33.6 Å². The molecule has 0 aliphatic carbocycles. The molecule has 1 aliphatic heterocycles. The molecule has 1 rings (SSSR count). The smallest absolute Gasteiger partial charge is 0.253 e. The molecule has 0 amide bonds. The third-order valence-electron chi connectivity index (χ3n) is 3.14. The zero-order chi connectivity index (χ0) is 11.4. The first-order valence-corrected chi connectivity index (χ1v) is 5.79. The average molecular weight is 220 g/mol. The minimum absolute atomic E-state index is 0.268. The lowest BCUT2D eigenvalue weighted by atomic mass is 10.0. The van der Waals surface area contributed by atoms with Crippen molar-refractivity contribution >= 4 is 0 Å². The Balaban J connectivity index is 2.25. The lowest BCUT2D eigenvalue weighted by Crippen LogP contribution is -2.48. The van der Waals surface area contributed by atoms with Crippen LogP contribution in [0.5, 0.6) is 0 Å². The van der Waals surface area contributed by atoms with Crippen molar-refractivity contribution in [3.8, 4) is 0 Å². The summed E-state index contributed by atoms with van der Waals surface area (Å²) < 4.78 is 24.6. The first-order chi connectivity index (χ1) is 7.00. The SMILES string of the molecule is CC(NC1CCN(C(C)C)CC1)C(F)F. The van der Waals surface area contributed by atoms with Gasteiger partial charge in [-0.05, 0) is 46.7 Å². The zero-order valence-corrected chi connectivity index (χ0v) is 9.84. The molecule has 1 unspecified atom stereocenters. The Kier molecular flexibility index (Phi) is 4.93. The van der Waals surface area contributed by atoms with Crippen LogP contribution in [-0.4, -0.2) is 42.5 Å². The van der Waals surface area contributed by atoms with Gasteiger partial charge < -0.3 is 10.2 Å². The maximum absolute atomic E-state index is 12.3. The fourth-order valence-corrected chi connectivity index (χ4v) is 2.03. The van der Waals surface area contributed by atoms with Crippen LogP contribution < -0.4 is 5.32 Å². The summed E-state index contributed by atoms with van der Waals surface area (Å²) in [5.74, 6) is 0. The van der Waals surface area contributed by atoms with Gasteiger partial charge in [0, 0.05) is 12.1 Å². The Morgan fingerprint density at radius 1 is 1.13 bits per heavy atom. The van der Waals surface area contributed by atoms with Gasteiger partial charge in [-0.1, -0.05) is 0 Å². The van der Waals surface area contributed by atoms with Crippen molar-refractivity contribution in [1.82, 2.24) is 10.2 Å². The van der Waals surface area contributed by atoms with Gasteiger partial charge >= 0.3 is 0 Å². The Morgan fingerprint density at radius 3 is 2.07 bits per heavy atom. The lowest BCUT2D eigenvalue weighted by Gasteiger charge is -2.36. The van der Waals surface area contributed by atoms with Crippen molar-refractivity contribution in [1.29, 1.82) is 0 Å². The van der Waals surface area contributed by atoms with Gasteiger partial charge in [0.05, 0.1) is 6.04 Å². The van der Waals surface area contributed by atoms with Crippen molar-refractivity contribution in [3.05, 3.63) is 0 Å². The molecule has 1 fully saturated rings. The van der Waals surface area contributed by atoms with E-state index in [2.05, 4.69) is 24.1 Å². The first-order valence-electron chi connectivity index (χ1n) is 5.79. The molecule has 0 aromatic heterocycles. The number of piperidine rings is 1. The van der Waals surface area contributed by atoms with Crippen LogP contribution in [0.2, 0.25) is 0 Å². The largest absolute Gasteiger partial charge is 0.306 e. The van der Waals surface area contributed by atoms with E-state index in [1.807, 2.05) is 0 Å². The quantitative estimate of drug-likeness (QED) is 0.780. The fraction of sp³-hybridized carbons (Fsp3) is 1.00. The molecule has 1 atom stereocenters. The topological polar surface area (TPSA) is 15.3 Å². The monoisotopic (exact) mass is 220 g/mol. The summed E-state index contributed by atoms with van der Waals surface area (Å²) in [6.07, 6.45) is -0.294. The van der Waals surface area contributed by atoms with Crippen LogP contribution in [-0.2, 0) is 0 Å². The number of likely N-dealkylation sites (tertiary alicyclic amines) is 1. The number of alkyl halides is 2. The number of rotatable bonds is 4. The minimum Gasteiger partial charge on any atom is -0.306 e. The molecule has 0 saturated carbocycles. The predicted octanol–water partition coefficient (Wildman–Crippen LogP) is 2.10. The number of hydrogen-bond donors (Lipinski definition) is 1. The van der Waals surface area contributed by atoms with Gasteiger partial charge in [0.2, 0.25) is 0 Å². The Bertz CT molecular complexity index is 177. The van der Waals surface area contributed by atoms with E-state index >= 15 is 0 Å². The summed E-state index contributed by atoms with van der Waals surface area (Å²) in [6, 6.07) is 0.156. The number of halogens is 2. The molecular formula is C11H22F2N2. The highest BCUT2D eigenvalue weighted by atomic mass is 19.3. The Morgan fingerprint density at radius 2 is 1.67 bits per heavy atom. The molecule has 4 heteroatoms. The average Bonchev–Trinajstić information content (AvgIpc) is 2.18. The van der Waals surface area contributed by atoms with Crippen molar-refractivity contribution in [2.45, 2.75) is 58.2 Å². The maximum Gasteiger partial charge on any atom is 0.253 e. The van der Waals surface area contributed by atoms with Crippen LogP contribution in [0.4, 0.5) is 8.78 Å². The molecule has 90 valence electrons. The van der Waals surface area contributed by atoms with Gasteiger partial charge in [-0.2, -0.15) is 0 Å². The highest BCUT2D eigenvalue weighted by Gasteiger charge is 2.24. The van der Waals surface area contributed by atoms with E-state index in [1.54, 1.807) is 6.92 Å². The zero-order valence-electron chi connectivity index (χ0n) is 9.84. The molecule has 0 aromatic carbocycles. The predicted molar refractivity (Wildman–Crippen MR) is 58.3 cm³/mol. The fourth-order valence-electron chi connectivity index (χ4n) is 2.03. The maximum atomic E-state index is 12.3. The van der Waals surface area contributed by atoms with Crippen LogP contribution in [0.25, 0.3) is 0 Å². The molecule has 15 heavy (non-hydrogen) atoms. The third kappa shape index (κ3) is 4.03. The molecule has 1 saturated heterocycles. The minimum atomic E-state index is -2.26. The number of nitrogens with zero attached hydrogens (tertiary/aromatic N) is 1. The second-order valence-electron chi connectivity index (χ2n) is 4.69. The first kappa shape index (κ1) is 12.8. The molecule has 1 N–H and O–H groups in total. The second kappa shape index (κ2) is 5.75. The summed E-state index contributed by atoms with van der Waals surface area (Å²) in [7, 11) is 0. The van der Waals surface area contributed by atoms with E-state index in [0.29, 0.717) is 6.04 Å². The standard InChI is InChI=1S/C11H22F2N2/c1-8(2)15-6-4-10(5-7-15)14-9(3)11(12)13/h8-11,14H,4-7H2,1-3H3. The molecule has 0 bridgehead atoms. The molecule has 1 heterocycles. The van der Waals surface area contributed by atoms with Gasteiger partial charge in [0.1, 0.15) is 0 Å². The highest BCUT2D eigenvalue weighted by Crippen LogP contribution is 2.14. The van der Waals surface area contributed by atoms with Crippen molar-refractivity contribution in [2.75, 3.05) is 13.1 Å². The van der Waals surface area contributed by atoms with Crippen LogP contribution in [0.15, 0.2) is 0 Å². The Labute approximate surface area is 91.0 Å². The normalized spacial score (nSPS) is 22.6. The number of hydrogen-bond acceptors (Lipinski definition) is 2. The summed E-state index contributed by atoms with van der Waals surface area (Å²) in [5.41, 5.74) is 0. The van der Waals surface area contributed by atoms with Gasteiger partial charge in [0.15, 0.2) is 0 Å². The van der Waals surface area contributed by atoms with E-state index in [9.17, 15) is 8.78 Å².